The minimum Gasteiger partial charge on any atom is -0.335 e. The van der Waals surface area contributed by atoms with E-state index >= 15 is 0 Å². The van der Waals surface area contributed by atoms with Crippen LogP contribution < -0.4 is 5.32 Å². The number of imidazole rings is 1. The monoisotopic (exact) mass is 530 g/mol. The number of fused-ring (bicyclic) bond motifs is 2. The molecular formula is C29H22N8OS. The minimum atomic E-state index is -0.198. The molecule has 7 aromatic rings. The van der Waals surface area contributed by atoms with Crippen molar-refractivity contribution in [3.05, 3.63) is 96.5 Å². The number of benzene rings is 1. The van der Waals surface area contributed by atoms with Gasteiger partial charge in [-0.3, -0.25) is 19.9 Å². The Morgan fingerprint density at radius 1 is 0.897 bits per heavy atom. The number of carbonyl (C=O) groups is 1. The van der Waals surface area contributed by atoms with E-state index in [0.29, 0.717) is 28.4 Å². The number of pyridine rings is 3. The standard InChI is InChI=1S/C28H18N8OS.CH4/c37-28(16-5-2-1-3-6-16)32-19-9-17(11-29-13-19)18-10-20-25(35-36-26(20)31-12-18)27-33-22-15-30-14-21(24(22)34-27)23-7-4-8-38-23;/h1-15H,(H,32,37)(H,33,34)(H,31,35,36);1H4. The lowest BCUT2D eigenvalue weighted by Crippen LogP contribution is -2.11. The van der Waals surface area contributed by atoms with Crippen molar-refractivity contribution < 1.29 is 4.79 Å². The molecule has 10 heteroatoms. The van der Waals surface area contributed by atoms with E-state index in [4.69, 9.17) is 4.98 Å². The molecule has 0 radical (unpaired) electrons. The number of hydrogen-bond donors (Lipinski definition) is 3. The van der Waals surface area contributed by atoms with E-state index in [1.807, 2.05) is 48.0 Å². The van der Waals surface area contributed by atoms with E-state index in [9.17, 15) is 4.79 Å². The van der Waals surface area contributed by atoms with Crippen LogP contribution in [0.25, 0.3) is 55.2 Å². The molecule has 0 aliphatic carbocycles. The van der Waals surface area contributed by atoms with Gasteiger partial charge < -0.3 is 10.3 Å². The lowest BCUT2D eigenvalue weighted by Gasteiger charge is -2.07. The number of nitrogens with zero attached hydrogens (tertiary/aromatic N) is 5. The Hall–Kier alpha value is -5.22. The first kappa shape index (κ1) is 24.1. The van der Waals surface area contributed by atoms with E-state index in [2.05, 4.69) is 41.5 Å². The van der Waals surface area contributed by atoms with Crippen LogP contribution in [0.15, 0.2) is 91.0 Å². The topological polar surface area (TPSA) is 125 Å². The van der Waals surface area contributed by atoms with Crippen molar-refractivity contribution in [1.29, 1.82) is 0 Å². The van der Waals surface area contributed by atoms with Gasteiger partial charge in [-0.2, -0.15) is 5.10 Å². The van der Waals surface area contributed by atoms with Crippen LogP contribution in [-0.4, -0.2) is 41.0 Å². The molecular weight excluding hydrogens is 508 g/mol. The molecule has 6 aromatic heterocycles. The van der Waals surface area contributed by atoms with Crippen LogP contribution in [0.1, 0.15) is 17.8 Å². The number of thiophene rings is 1. The number of anilines is 1. The van der Waals surface area contributed by atoms with Gasteiger partial charge >= 0.3 is 0 Å². The van der Waals surface area contributed by atoms with Gasteiger partial charge in [0.2, 0.25) is 0 Å². The molecule has 1 aromatic carbocycles. The number of amides is 1. The molecule has 0 aliphatic rings. The SMILES string of the molecule is C.O=C(Nc1cncc(-c2cnc3[nH]nc(-c4nc5c(-c6cccs6)cncc5[nH]4)c3c2)c1)c1ccccc1. The summed E-state index contributed by atoms with van der Waals surface area (Å²) < 4.78 is 0. The van der Waals surface area contributed by atoms with Gasteiger partial charge in [-0.25, -0.2) is 9.97 Å². The van der Waals surface area contributed by atoms with Crippen molar-refractivity contribution in [2.45, 2.75) is 7.43 Å². The average Bonchev–Trinajstić information content (AvgIpc) is 3.73. The fourth-order valence-corrected chi connectivity index (χ4v) is 5.10. The Morgan fingerprint density at radius 2 is 1.74 bits per heavy atom. The van der Waals surface area contributed by atoms with E-state index in [0.717, 1.165) is 38.0 Å². The summed E-state index contributed by atoms with van der Waals surface area (Å²) in [5.74, 6) is 0.426. The molecule has 0 unspecified atom stereocenters. The first-order valence-electron chi connectivity index (χ1n) is 11.8. The third kappa shape index (κ3) is 4.42. The fraction of sp³-hybridized carbons (Fsp3) is 0.0345. The molecule has 0 fully saturated rings. The van der Waals surface area contributed by atoms with Crippen molar-refractivity contribution in [2.75, 3.05) is 5.32 Å². The van der Waals surface area contributed by atoms with Gasteiger partial charge in [0.25, 0.3) is 5.91 Å². The molecule has 7 rings (SSSR count). The molecule has 190 valence electrons. The first-order valence-corrected chi connectivity index (χ1v) is 12.6. The Bertz CT molecular complexity index is 1930. The van der Waals surface area contributed by atoms with Gasteiger partial charge in [0.15, 0.2) is 11.5 Å². The number of nitrogens with one attached hydrogen (secondary N) is 3. The van der Waals surface area contributed by atoms with E-state index in [1.54, 1.807) is 48.3 Å². The van der Waals surface area contributed by atoms with Crippen LogP contribution in [-0.2, 0) is 0 Å². The van der Waals surface area contributed by atoms with Gasteiger partial charge in [0, 0.05) is 45.7 Å². The van der Waals surface area contributed by atoms with Crippen LogP contribution >= 0.6 is 11.3 Å². The van der Waals surface area contributed by atoms with Crippen LogP contribution in [0, 0.1) is 0 Å². The predicted molar refractivity (Wildman–Crippen MR) is 154 cm³/mol. The van der Waals surface area contributed by atoms with E-state index in [1.165, 1.54) is 0 Å². The summed E-state index contributed by atoms with van der Waals surface area (Å²) in [5, 5.41) is 13.3. The first-order chi connectivity index (χ1) is 18.7. The maximum atomic E-state index is 12.6. The third-order valence-electron chi connectivity index (χ3n) is 6.19. The Balaban J connectivity index is 0.00000277. The molecule has 0 saturated heterocycles. The Kier molecular flexibility index (Phi) is 6.14. The number of aromatic nitrogens is 7. The van der Waals surface area contributed by atoms with Crippen molar-refractivity contribution in [3.63, 3.8) is 0 Å². The lowest BCUT2D eigenvalue weighted by atomic mass is 10.1. The van der Waals surface area contributed by atoms with Gasteiger partial charge in [-0.1, -0.05) is 31.7 Å². The maximum absolute atomic E-state index is 12.6. The minimum absolute atomic E-state index is 0. The normalized spacial score (nSPS) is 11.0. The van der Waals surface area contributed by atoms with Gasteiger partial charge in [0.1, 0.15) is 11.2 Å². The second-order valence-electron chi connectivity index (χ2n) is 8.62. The highest BCUT2D eigenvalue weighted by Crippen LogP contribution is 2.33. The van der Waals surface area contributed by atoms with Gasteiger partial charge in [0.05, 0.1) is 29.0 Å². The smallest absolute Gasteiger partial charge is 0.255 e. The van der Waals surface area contributed by atoms with Crippen molar-refractivity contribution >= 4 is 45.0 Å². The Labute approximate surface area is 227 Å². The highest BCUT2D eigenvalue weighted by atomic mass is 32.1. The summed E-state index contributed by atoms with van der Waals surface area (Å²) in [4.78, 5) is 35.2. The van der Waals surface area contributed by atoms with Crippen molar-refractivity contribution in [2.24, 2.45) is 0 Å². The fourth-order valence-electron chi connectivity index (χ4n) is 4.36. The summed E-state index contributed by atoms with van der Waals surface area (Å²) in [5.41, 5.74) is 6.75. The third-order valence-corrected chi connectivity index (χ3v) is 7.09. The number of carbonyl (C=O) groups excluding carboxylic acids is 1. The van der Waals surface area contributed by atoms with Crippen LogP contribution in [0.2, 0.25) is 0 Å². The summed E-state index contributed by atoms with van der Waals surface area (Å²) in [6, 6.07) is 17.0. The Morgan fingerprint density at radius 3 is 2.59 bits per heavy atom. The quantitative estimate of drug-likeness (QED) is 0.231. The number of aromatic amines is 2. The molecule has 0 saturated carbocycles. The second kappa shape index (κ2) is 9.92. The van der Waals surface area contributed by atoms with E-state index in [-0.39, 0.29) is 13.3 Å². The van der Waals surface area contributed by atoms with Gasteiger partial charge in [-0.05, 0) is 35.7 Å². The molecule has 0 bridgehead atoms. The molecule has 0 spiro atoms. The summed E-state index contributed by atoms with van der Waals surface area (Å²) >= 11 is 1.65. The van der Waals surface area contributed by atoms with Crippen LogP contribution in [0.5, 0.6) is 0 Å². The van der Waals surface area contributed by atoms with Crippen LogP contribution in [0.3, 0.4) is 0 Å². The second-order valence-corrected chi connectivity index (χ2v) is 9.57. The number of H-pyrrole nitrogens is 2. The largest absolute Gasteiger partial charge is 0.335 e. The summed E-state index contributed by atoms with van der Waals surface area (Å²) in [6.07, 6.45) is 8.70. The van der Waals surface area contributed by atoms with Gasteiger partial charge in [-0.15, -0.1) is 11.3 Å². The highest BCUT2D eigenvalue weighted by Gasteiger charge is 2.17. The maximum Gasteiger partial charge on any atom is 0.255 e. The average molecular weight is 531 g/mol. The summed E-state index contributed by atoms with van der Waals surface area (Å²) in [6.45, 7) is 0. The zero-order chi connectivity index (χ0) is 25.5. The predicted octanol–water partition coefficient (Wildman–Crippen LogP) is 6.58. The highest BCUT2D eigenvalue weighted by molar-refractivity contribution is 7.13. The van der Waals surface area contributed by atoms with Crippen molar-refractivity contribution in [3.8, 4) is 33.1 Å². The molecule has 9 nitrogen and oxygen atoms in total. The molecule has 39 heavy (non-hydrogen) atoms. The molecule has 0 atom stereocenters. The van der Waals surface area contributed by atoms with Crippen molar-refractivity contribution in [1.82, 2.24) is 35.1 Å². The molecule has 1 amide bonds. The molecule has 0 aliphatic heterocycles. The summed E-state index contributed by atoms with van der Waals surface area (Å²) in [7, 11) is 0. The number of hydrogen-bond acceptors (Lipinski definition) is 7. The van der Waals surface area contributed by atoms with Crippen LogP contribution in [0.4, 0.5) is 5.69 Å². The molecule has 3 N–H and O–H groups in total. The molecule has 6 heterocycles. The zero-order valence-corrected chi connectivity index (χ0v) is 20.5. The van der Waals surface area contributed by atoms with E-state index < -0.39 is 0 Å². The number of rotatable bonds is 5. The lowest BCUT2D eigenvalue weighted by molar-refractivity contribution is 0.102. The zero-order valence-electron chi connectivity index (χ0n) is 19.7.